The van der Waals surface area contributed by atoms with Gasteiger partial charge in [0.15, 0.2) is 0 Å². The molecule has 0 radical (unpaired) electrons. The molecule has 3 aromatic rings. The summed E-state index contributed by atoms with van der Waals surface area (Å²) < 4.78 is 14.5. The van der Waals surface area contributed by atoms with Crippen LogP contribution in [0.2, 0.25) is 0 Å². The average Bonchev–Trinajstić information content (AvgIpc) is 2.71. The number of anilines is 1. The minimum absolute atomic E-state index is 0.123. The molecule has 8 heteroatoms. The summed E-state index contributed by atoms with van der Waals surface area (Å²) in [4.78, 5) is 43.3. The normalized spacial score (nSPS) is 10.8. The smallest absolute Gasteiger partial charge is 0.261 e. The first-order chi connectivity index (χ1) is 14.4. The van der Waals surface area contributed by atoms with Crippen molar-refractivity contribution >= 4 is 28.4 Å². The number of para-hydroxylation sites is 1. The third-order valence-electron chi connectivity index (χ3n) is 4.69. The van der Waals surface area contributed by atoms with E-state index in [4.69, 9.17) is 0 Å². The quantitative estimate of drug-likeness (QED) is 0.649. The van der Waals surface area contributed by atoms with Crippen LogP contribution in [-0.2, 0) is 16.1 Å². The van der Waals surface area contributed by atoms with Gasteiger partial charge in [0, 0.05) is 18.3 Å². The number of rotatable bonds is 7. The molecule has 30 heavy (non-hydrogen) atoms. The Labute approximate surface area is 173 Å². The summed E-state index contributed by atoms with van der Waals surface area (Å²) in [5.74, 6) is -1.18. The highest BCUT2D eigenvalue weighted by atomic mass is 19.1. The number of benzene rings is 2. The Hall–Kier alpha value is -3.55. The third-order valence-corrected chi connectivity index (χ3v) is 4.69. The molecule has 0 saturated carbocycles. The fourth-order valence-electron chi connectivity index (χ4n) is 3.13. The van der Waals surface area contributed by atoms with Crippen LogP contribution in [0.5, 0.6) is 0 Å². The van der Waals surface area contributed by atoms with Crippen LogP contribution < -0.4 is 10.9 Å². The van der Waals surface area contributed by atoms with Gasteiger partial charge >= 0.3 is 0 Å². The van der Waals surface area contributed by atoms with Crippen LogP contribution in [0.15, 0.2) is 53.6 Å². The molecule has 2 aromatic carbocycles. The monoisotopic (exact) mass is 410 g/mol. The third kappa shape index (κ3) is 4.89. The van der Waals surface area contributed by atoms with E-state index in [-0.39, 0.29) is 35.8 Å². The Morgan fingerprint density at radius 3 is 2.70 bits per heavy atom. The van der Waals surface area contributed by atoms with Crippen LogP contribution in [0.25, 0.3) is 10.9 Å². The van der Waals surface area contributed by atoms with Crippen molar-refractivity contribution in [3.63, 3.8) is 0 Å². The number of halogens is 1. The largest absolute Gasteiger partial charge is 0.332 e. The summed E-state index contributed by atoms with van der Waals surface area (Å²) in [5.41, 5.74) is 1.40. The molecule has 0 bridgehead atoms. The molecule has 1 aromatic heterocycles. The van der Waals surface area contributed by atoms with Crippen LogP contribution >= 0.6 is 0 Å². The van der Waals surface area contributed by atoms with Crippen molar-refractivity contribution in [3.8, 4) is 0 Å². The number of nitrogens with zero attached hydrogens (tertiary/aromatic N) is 3. The maximum Gasteiger partial charge on any atom is 0.261 e. The van der Waals surface area contributed by atoms with E-state index < -0.39 is 11.4 Å². The van der Waals surface area contributed by atoms with Crippen LogP contribution in [-0.4, -0.2) is 39.4 Å². The Morgan fingerprint density at radius 1 is 1.20 bits per heavy atom. The minimum atomic E-state index is -0.489. The Bertz CT molecular complexity index is 1140. The predicted octanol–water partition coefficient (Wildman–Crippen LogP) is 2.72. The lowest BCUT2D eigenvalue weighted by atomic mass is 10.2. The molecule has 1 heterocycles. The zero-order valence-corrected chi connectivity index (χ0v) is 16.9. The second-order valence-electron chi connectivity index (χ2n) is 7.02. The number of aryl methyl sites for hydroxylation is 1. The standard InChI is InChI=1S/C22H23FN4O3/c1-3-10-26(12-20(28)25-18-7-5-4-6-15(18)2)21(29)13-27-14-24-19-11-16(23)8-9-17(19)22(27)30/h4-9,11,14H,3,10,12-13H2,1-2H3,(H,25,28). The zero-order valence-electron chi connectivity index (χ0n) is 16.9. The van der Waals surface area contributed by atoms with Crippen molar-refractivity contribution in [3.05, 3.63) is 70.5 Å². The van der Waals surface area contributed by atoms with E-state index in [1.165, 1.54) is 34.0 Å². The van der Waals surface area contributed by atoms with Crippen molar-refractivity contribution < 1.29 is 14.0 Å². The molecule has 156 valence electrons. The summed E-state index contributed by atoms with van der Waals surface area (Å²) in [6, 6.07) is 11.1. The molecule has 1 N–H and O–H groups in total. The fourth-order valence-corrected chi connectivity index (χ4v) is 3.13. The highest BCUT2D eigenvalue weighted by molar-refractivity contribution is 5.95. The summed E-state index contributed by atoms with van der Waals surface area (Å²) in [6.45, 7) is 3.78. The van der Waals surface area contributed by atoms with E-state index in [2.05, 4.69) is 10.3 Å². The number of aromatic nitrogens is 2. The van der Waals surface area contributed by atoms with Crippen LogP contribution in [0, 0.1) is 12.7 Å². The molecule has 0 aliphatic carbocycles. The van der Waals surface area contributed by atoms with E-state index in [1.807, 2.05) is 32.0 Å². The predicted molar refractivity (Wildman–Crippen MR) is 113 cm³/mol. The Balaban J connectivity index is 1.74. The lowest BCUT2D eigenvalue weighted by molar-refractivity contribution is -0.135. The lowest BCUT2D eigenvalue weighted by Gasteiger charge is -2.22. The van der Waals surface area contributed by atoms with Gasteiger partial charge in [0.05, 0.1) is 23.8 Å². The molecular formula is C22H23FN4O3. The number of carbonyl (C=O) groups is 2. The van der Waals surface area contributed by atoms with Gasteiger partial charge in [0.25, 0.3) is 5.56 Å². The maximum atomic E-state index is 13.3. The van der Waals surface area contributed by atoms with Gasteiger partial charge in [-0.1, -0.05) is 25.1 Å². The van der Waals surface area contributed by atoms with E-state index in [0.29, 0.717) is 18.7 Å². The molecule has 7 nitrogen and oxygen atoms in total. The highest BCUT2D eigenvalue weighted by Crippen LogP contribution is 2.13. The Kier molecular flexibility index (Phi) is 6.56. The molecular weight excluding hydrogens is 387 g/mol. The van der Waals surface area contributed by atoms with Crippen LogP contribution in [0.4, 0.5) is 10.1 Å². The number of carbonyl (C=O) groups excluding carboxylic acids is 2. The van der Waals surface area contributed by atoms with Gasteiger partial charge in [-0.05, 0) is 37.1 Å². The first kappa shape index (κ1) is 21.2. The van der Waals surface area contributed by atoms with E-state index in [0.717, 1.165) is 5.56 Å². The summed E-state index contributed by atoms with van der Waals surface area (Å²) in [6.07, 6.45) is 1.88. The first-order valence-electron chi connectivity index (χ1n) is 9.67. The van der Waals surface area contributed by atoms with Gasteiger partial charge in [-0.25, -0.2) is 9.37 Å². The molecule has 3 rings (SSSR count). The summed E-state index contributed by atoms with van der Waals surface area (Å²) in [5, 5.41) is 3.04. The molecule has 0 spiro atoms. The first-order valence-corrected chi connectivity index (χ1v) is 9.67. The van der Waals surface area contributed by atoms with E-state index in [9.17, 15) is 18.8 Å². The zero-order chi connectivity index (χ0) is 21.7. The lowest BCUT2D eigenvalue weighted by Crippen LogP contribution is -2.41. The van der Waals surface area contributed by atoms with Crippen LogP contribution in [0.1, 0.15) is 18.9 Å². The van der Waals surface area contributed by atoms with Crippen molar-refractivity contribution in [1.29, 1.82) is 0 Å². The van der Waals surface area contributed by atoms with Gasteiger partial charge in [-0.15, -0.1) is 0 Å². The molecule has 0 saturated heterocycles. The average molecular weight is 410 g/mol. The molecule has 0 fully saturated rings. The molecule has 2 amide bonds. The van der Waals surface area contributed by atoms with Gasteiger partial charge in [-0.2, -0.15) is 0 Å². The maximum absolute atomic E-state index is 13.3. The van der Waals surface area contributed by atoms with Crippen LogP contribution in [0.3, 0.4) is 0 Å². The number of hydrogen-bond acceptors (Lipinski definition) is 4. The van der Waals surface area contributed by atoms with E-state index >= 15 is 0 Å². The molecule has 0 atom stereocenters. The number of nitrogens with one attached hydrogen (secondary N) is 1. The van der Waals surface area contributed by atoms with Gasteiger partial charge in [-0.3, -0.25) is 19.0 Å². The second-order valence-corrected chi connectivity index (χ2v) is 7.02. The van der Waals surface area contributed by atoms with E-state index in [1.54, 1.807) is 6.07 Å². The molecule has 0 unspecified atom stereocenters. The second kappa shape index (κ2) is 9.30. The summed E-state index contributed by atoms with van der Waals surface area (Å²) >= 11 is 0. The van der Waals surface area contributed by atoms with Gasteiger partial charge in [0.2, 0.25) is 11.8 Å². The number of fused-ring (bicyclic) bond motifs is 1. The van der Waals surface area contributed by atoms with Gasteiger partial charge < -0.3 is 10.2 Å². The Morgan fingerprint density at radius 2 is 1.97 bits per heavy atom. The molecule has 0 aliphatic heterocycles. The number of amides is 2. The minimum Gasteiger partial charge on any atom is -0.332 e. The topological polar surface area (TPSA) is 84.3 Å². The summed E-state index contributed by atoms with van der Waals surface area (Å²) in [7, 11) is 0. The van der Waals surface area contributed by atoms with Crippen molar-refractivity contribution in [2.24, 2.45) is 0 Å². The SMILES string of the molecule is CCCN(CC(=O)Nc1ccccc1C)C(=O)Cn1cnc2cc(F)ccc2c1=O. The highest BCUT2D eigenvalue weighted by Gasteiger charge is 2.18. The van der Waals surface area contributed by atoms with Crippen molar-refractivity contribution in [2.45, 2.75) is 26.8 Å². The fraction of sp³-hybridized carbons (Fsp3) is 0.273. The van der Waals surface area contributed by atoms with Crippen molar-refractivity contribution in [1.82, 2.24) is 14.5 Å². The number of hydrogen-bond donors (Lipinski definition) is 1. The van der Waals surface area contributed by atoms with Crippen molar-refractivity contribution in [2.75, 3.05) is 18.4 Å². The molecule has 0 aliphatic rings. The van der Waals surface area contributed by atoms with Gasteiger partial charge in [0.1, 0.15) is 12.4 Å².